The van der Waals surface area contributed by atoms with Crippen molar-refractivity contribution in [3.05, 3.63) is 0 Å². The Morgan fingerprint density at radius 2 is 2.09 bits per heavy atom. The minimum absolute atomic E-state index is 0.0349. The molecule has 3 nitrogen and oxygen atoms in total. The lowest BCUT2D eigenvalue weighted by molar-refractivity contribution is -0.134. The summed E-state index contributed by atoms with van der Waals surface area (Å²) in [4.78, 5) is 21.9. The lowest BCUT2D eigenvalue weighted by Gasteiger charge is -2.23. The molecule has 3 heteroatoms. The van der Waals surface area contributed by atoms with Crippen molar-refractivity contribution in [3.8, 4) is 0 Å². The number of carbonyl (C=O) groups is 2. The third kappa shape index (κ3) is 1.79. The zero-order chi connectivity index (χ0) is 8.43. The van der Waals surface area contributed by atoms with E-state index in [0.717, 1.165) is 0 Å². The van der Waals surface area contributed by atoms with Gasteiger partial charge in [-0.25, -0.2) is 0 Å². The topological polar surface area (TPSA) is 46.2 Å². The predicted molar refractivity (Wildman–Crippen MR) is 41.0 cm³/mol. The second kappa shape index (κ2) is 3.03. The molecule has 0 bridgehead atoms. The van der Waals surface area contributed by atoms with Crippen LogP contribution < -0.4 is 5.32 Å². The number of hydrogen-bond acceptors (Lipinski definition) is 2. The van der Waals surface area contributed by atoms with E-state index in [0.29, 0.717) is 12.5 Å². The summed E-state index contributed by atoms with van der Waals surface area (Å²) in [6, 6.07) is 0. The lowest BCUT2D eigenvalue weighted by Crippen LogP contribution is -2.43. The Morgan fingerprint density at radius 3 is 2.55 bits per heavy atom. The average Bonchev–Trinajstić information content (AvgIpc) is 1.85. The van der Waals surface area contributed by atoms with E-state index in [-0.39, 0.29) is 24.0 Å². The molecule has 0 aliphatic carbocycles. The van der Waals surface area contributed by atoms with E-state index in [1.54, 1.807) is 0 Å². The van der Waals surface area contributed by atoms with Crippen LogP contribution in [-0.2, 0) is 9.59 Å². The van der Waals surface area contributed by atoms with Gasteiger partial charge in [0.2, 0.25) is 5.91 Å². The molecule has 1 N–H and O–H groups in total. The molecule has 1 rings (SSSR count). The monoisotopic (exact) mass is 155 g/mol. The van der Waals surface area contributed by atoms with Gasteiger partial charge in [0, 0.05) is 12.5 Å². The first-order valence-electron chi connectivity index (χ1n) is 3.90. The molecular weight excluding hydrogens is 142 g/mol. The summed E-state index contributed by atoms with van der Waals surface area (Å²) in [7, 11) is 0. The van der Waals surface area contributed by atoms with Crippen molar-refractivity contribution < 1.29 is 9.59 Å². The first-order valence-corrected chi connectivity index (χ1v) is 3.90. The van der Waals surface area contributed by atoms with Crippen LogP contribution in [0.1, 0.15) is 20.3 Å². The van der Waals surface area contributed by atoms with Gasteiger partial charge in [-0.1, -0.05) is 13.8 Å². The Morgan fingerprint density at radius 1 is 1.45 bits per heavy atom. The fraction of sp³-hybridized carbons (Fsp3) is 0.750. The fourth-order valence-electron chi connectivity index (χ4n) is 1.30. The first kappa shape index (κ1) is 8.24. The Kier molecular flexibility index (Phi) is 2.27. The molecule has 1 amide bonds. The lowest BCUT2D eigenvalue weighted by atomic mass is 9.87. The summed E-state index contributed by atoms with van der Waals surface area (Å²) in [5.74, 6) is 0.325. The number of nitrogens with one attached hydrogen (secondary N) is 1. The molecule has 1 unspecified atom stereocenters. The fourth-order valence-corrected chi connectivity index (χ4v) is 1.30. The second-order valence-electron chi connectivity index (χ2n) is 3.30. The standard InChI is InChI=1S/C8H13NO2/c1-5(2)6-4-9-8(11)3-7(6)10/h5-6H,3-4H2,1-2H3,(H,9,11). The molecule has 0 aromatic heterocycles. The number of hydrogen-bond donors (Lipinski definition) is 1. The van der Waals surface area contributed by atoms with E-state index in [9.17, 15) is 9.59 Å². The van der Waals surface area contributed by atoms with Gasteiger partial charge in [0.25, 0.3) is 0 Å². The zero-order valence-corrected chi connectivity index (χ0v) is 6.89. The SMILES string of the molecule is CC(C)C1CNC(=O)CC1=O. The van der Waals surface area contributed by atoms with Crippen molar-refractivity contribution in [2.24, 2.45) is 11.8 Å². The smallest absolute Gasteiger partial charge is 0.227 e. The summed E-state index contributed by atoms with van der Waals surface area (Å²) in [5.41, 5.74) is 0. The maximum Gasteiger partial charge on any atom is 0.227 e. The summed E-state index contributed by atoms with van der Waals surface area (Å²) in [6.45, 7) is 4.52. The van der Waals surface area contributed by atoms with Gasteiger partial charge < -0.3 is 5.32 Å². The van der Waals surface area contributed by atoms with Crippen molar-refractivity contribution in [1.82, 2.24) is 5.32 Å². The van der Waals surface area contributed by atoms with Crippen molar-refractivity contribution in [3.63, 3.8) is 0 Å². The predicted octanol–water partition coefficient (Wildman–Crippen LogP) is 0.348. The highest BCUT2D eigenvalue weighted by Crippen LogP contribution is 2.15. The van der Waals surface area contributed by atoms with Crippen molar-refractivity contribution >= 4 is 11.7 Å². The normalized spacial score (nSPS) is 25.5. The third-order valence-corrected chi connectivity index (χ3v) is 2.07. The van der Waals surface area contributed by atoms with E-state index in [1.807, 2.05) is 13.8 Å². The van der Waals surface area contributed by atoms with Gasteiger partial charge in [-0.3, -0.25) is 9.59 Å². The van der Waals surface area contributed by atoms with Crippen LogP contribution >= 0.6 is 0 Å². The molecule has 1 fully saturated rings. The van der Waals surface area contributed by atoms with Crippen LogP contribution in [0.3, 0.4) is 0 Å². The molecular formula is C8H13NO2. The van der Waals surface area contributed by atoms with Crippen LogP contribution in [0.15, 0.2) is 0 Å². The van der Waals surface area contributed by atoms with Gasteiger partial charge >= 0.3 is 0 Å². The molecule has 1 saturated heterocycles. The number of carbonyl (C=O) groups excluding carboxylic acids is 2. The molecule has 0 saturated carbocycles. The maximum atomic E-state index is 11.2. The van der Waals surface area contributed by atoms with Gasteiger partial charge in [-0.2, -0.15) is 0 Å². The Hall–Kier alpha value is -0.860. The van der Waals surface area contributed by atoms with Crippen LogP contribution in [0.2, 0.25) is 0 Å². The second-order valence-corrected chi connectivity index (χ2v) is 3.30. The largest absolute Gasteiger partial charge is 0.355 e. The van der Waals surface area contributed by atoms with Crippen LogP contribution in [0, 0.1) is 11.8 Å². The number of amides is 1. The Balaban J connectivity index is 2.57. The van der Waals surface area contributed by atoms with Crippen molar-refractivity contribution in [1.29, 1.82) is 0 Å². The van der Waals surface area contributed by atoms with Gasteiger partial charge in [-0.15, -0.1) is 0 Å². The molecule has 11 heavy (non-hydrogen) atoms. The van der Waals surface area contributed by atoms with E-state index >= 15 is 0 Å². The number of rotatable bonds is 1. The molecule has 1 atom stereocenters. The minimum Gasteiger partial charge on any atom is -0.355 e. The minimum atomic E-state index is -0.132. The number of piperidine rings is 1. The van der Waals surface area contributed by atoms with Crippen LogP contribution in [0.25, 0.3) is 0 Å². The van der Waals surface area contributed by atoms with E-state index in [2.05, 4.69) is 5.32 Å². The maximum absolute atomic E-state index is 11.2. The number of ketones is 1. The van der Waals surface area contributed by atoms with E-state index in [1.165, 1.54) is 0 Å². The molecule has 0 radical (unpaired) electrons. The molecule has 62 valence electrons. The van der Waals surface area contributed by atoms with Gasteiger partial charge in [0.15, 0.2) is 0 Å². The molecule has 0 aromatic rings. The summed E-state index contributed by atoms with van der Waals surface area (Å²) in [5, 5.41) is 2.68. The van der Waals surface area contributed by atoms with Gasteiger partial charge in [0.1, 0.15) is 5.78 Å². The highest BCUT2D eigenvalue weighted by Gasteiger charge is 2.28. The van der Waals surface area contributed by atoms with Crippen molar-refractivity contribution in [2.45, 2.75) is 20.3 Å². The molecule has 1 heterocycles. The van der Waals surface area contributed by atoms with Crippen LogP contribution in [-0.4, -0.2) is 18.2 Å². The van der Waals surface area contributed by atoms with Crippen LogP contribution in [0.5, 0.6) is 0 Å². The summed E-state index contributed by atoms with van der Waals surface area (Å²) in [6.07, 6.45) is 0.0723. The quantitative estimate of drug-likeness (QED) is 0.555. The van der Waals surface area contributed by atoms with Crippen LogP contribution in [0.4, 0.5) is 0 Å². The highest BCUT2D eigenvalue weighted by atomic mass is 16.2. The number of Topliss-reactive ketones (excluding diaryl/α,β-unsaturated/α-hetero) is 1. The van der Waals surface area contributed by atoms with Gasteiger partial charge in [0.05, 0.1) is 6.42 Å². The Bertz CT molecular complexity index is 187. The van der Waals surface area contributed by atoms with Crippen molar-refractivity contribution in [2.75, 3.05) is 6.54 Å². The summed E-state index contributed by atoms with van der Waals surface area (Å²) < 4.78 is 0. The van der Waals surface area contributed by atoms with Gasteiger partial charge in [-0.05, 0) is 5.92 Å². The molecule has 1 aliphatic rings. The highest BCUT2D eigenvalue weighted by molar-refractivity contribution is 6.01. The molecule has 0 aromatic carbocycles. The third-order valence-electron chi connectivity index (χ3n) is 2.07. The molecule has 0 spiro atoms. The Labute approximate surface area is 66.2 Å². The molecule has 1 aliphatic heterocycles. The summed E-state index contributed by atoms with van der Waals surface area (Å²) >= 11 is 0. The average molecular weight is 155 g/mol. The zero-order valence-electron chi connectivity index (χ0n) is 6.89. The first-order chi connectivity index (χ1) is 5.11. The van der Waals surface area contributed by atoms with E-state index < -0.39 is 0 Å². The van der Waals surface area contributed by atoms with E-state index in [4.69, 9.17) is 0 Å².